The van der Waals surface area contributed by atoms with Crippen LogP contribution in [0.15, 0.2) is 54.4 Å². The zero-order valence-corrected chi connectivity index (χ0v) is 20.8. The fraction of sp³-hybridized carbons (Fsp3) is 0.613. The highest BCUT2D eigenvalue weighted by molar-refractivity contribution is 5.73. The summed E-state index contributed by atoms with van der Waals surface area (Å²) in [6, 6.07) is 8.79. The van der Waals surface area contributed by atoms with Gasteiger partial charge in [0, 0.05) is 0 Å². The predicted octanol–water partition coefficient (Wildman–Crippen LogP) is 10.2. The number of rotatable bonds is 9. The Balaban J connectivity index is 1.58. The fourth-order valence-corrected chi connectivity index (χ4v) is 6.22. The molecule has 0 unspecified atom stereocenters. The molecule has 0 heterocycles. The standard InChI is InChI=1S/C31H45F/c1-5-8-24-10-14-27(15-11-24)28-20-18-26(19-21-28)23(4)22-31(32)30(7-3)29-16-12-25(9-6-2)13-17-29/h7,18-22,24-25,27,29H,4-6,8-17H2,1-3H3/b30-7-,31-22+. The summed E-state index contributed by atoms with van der Waals surface area (Å²) in [4.78, 5) is 0. The maximum absolute atomic E-state index is 15.2. The molecule has 0 saturated heterocycles. The van der Waals surface area contributed by atoms with Crippen molar-refractivity contribution in [1.82, 2.24) is 0 Å². The molecule has 2 aliphatic carbocycles. The zero-order valence-electron chi connectivity index (χ0n) is 20.8. The summed E-state index contributed by atoms with van der Waals surface area (Å²) in [5.41, 5.74) is 4.14. The van der Waals surface area contributed by atoms with Gasteiger partial charge in [0.05, 0.1) is 0 Å². The Labute approximate surface area is 197 Å². The van der Waals surface area contributed by atoms with Crippen LogP contribution in [0.5, 0.6) is 0 Å². The topological polar surface area (TPSA) is 0 Å². The lowest BCUT2D eigenvalue weighted by Crippen LogP contribution is -2.16. The first kappa shape index (κ1) is 25.0. The van der Waals surface area contributed by atoms with E-state index in [-0.39, 0.29) is 5.83 Å². The third kappa shape index (κ3) is 6.69. The van der Waals surface area contributed by atoms with Gasteiger partial charge in [-0.15, -0.1) is 0 Å². The Morgan fingerprint density at radius 3 is 1.91 bits per heavy atom. The van der Waals surface area contributed by atoms with Crippen LogP contribution in [0.4, 0.5) is 4.39 Å². The quantitative estimate of drug-likeness (QED) is 0.338. The SMILES string of the molecule is C=C(/C=C(F)\C(=C/C)C1CCC(CCC)CC1)c1ccc(C2CCC(CCC)CC2)cc1. The summed E-state index contributed by atoms with van der Waals surface area (Å²) in [7, 11) is 0. The molecule has 0 nitrogen and oxygen atoms in total. The molecule has 176 valence electrons. The minimum atomic E-state index is -0.0882. The Morgan fingerprint density at radius 2 is 1.41 bits per heavy atom. The predicted molar refractivity (Wildman–Crippen MR) is 138 cm³/mol. The van der Waals surface area contributed by atoms with E-state index >= 15 is 4.39 Å². The highest BCUT2D eigenvalue weighted by Crippen LogP contribution is 2.39. The second kappa shape index (κ2) is 12.6. The molecule has 1 heteroatoms. The van der Waals surface area contributed by atoms with Crippen molar-refractivity contribution < 1.29 is 4.39 Å². The van der Waals surface area contributed by atoms with Crippen LogP contribution in [0.1, 0.15) is 115 Å². The van der Waals surface area contributed by atoms with E-state index in [0.29, 0.717) is 11.8 Å². The summed E-state index contributed by atoms with van der Waals surface area (Å²) in [5.74, 6) is 2.75. The van der Waals surface area contributed by atoms with Gasteiger partial charge in [-0.2, -0.15) is 0 Å². The molecule has 0 bridgehead atoms. The molecule has 32 heavy (non-hydrogen) atoms. The van der Waals surface area contributed by atoms with Crippen molar-refractivity contribution in [2.45, 2.75) is 104 Å². The van der Waals surface area contributed by atoms with Gasteiger partial charge in [0.1, 0.15) is 5.83 Å². The minimum Gasteiger partial charge on any atom is -0.207 e. The molecule has 0 spiro atoms. The van der Waals surface area contributed by atoms with Crippen molar-refractivity contribution in [1.29, 1.82) is 0 Å². The molecule has 2 fully saturated rings. The second-order valence-electron chi connectivity index (χ2n) is 10.4. The lowest BCUT2D eigenvalue weighted by Gasteiger charge is -2.29. The van der Waals surface area contributed by atoms with Crippen LogP contribution < -0.4 is 0 Å². The molecular formula is C31H45F. The van der Waals surface area contributed by atoms with Gasteiger partial charge < -0.3 is 0 Å². The van der Waals surface area contributed by atoms with Crippen LogP contribution in [-0.4, -0.2) is 0 Å². The van der Waals surface area contributed by atoms with Crippen molar-refractivity contribution in [3.8, 4) is 0 Å². The average Bonchev–Trinajstić information content (AvgIpc) is 2.82. The maximum atomic E-state index is 15.2. The minimum absolute atomic E-state index is 0.0882. The molecule has 0 aromatic heterocycles. The molecule has 2 saturated carbocycles. The summed E-state index contributed by atoms with van der Waals surface area (Å²) in [5, 5.41) is 0. The van der Waals surface area contributed by atoms with Crippen LogP contribution in [0, 0.1) is 17.8 Å². The second-order valence-corrected chi connectivity index (χ2v) is 10.4. The number of hydrogen-bond acceptors (Lipinski definition) is 0. The van der Waals surface area contributed by atoms with Gasteiger partial charge in [0.25, 0.3) is 0 Å². The fourth-order valence-electron chi connectivity index (χ4n) is 6.22. The first-order chi connectivity index (χ1) is 15.5. The van der Waals surface area contributed by atoms with Gasteiger partial charge in [-0.05, 0) is 110 Å². The Morgan fingerprint density at radius 1 is 0.875 bits per heavy atom. The molecule has 2 aliphatic rings. The number of benzene rings is 1. The first-order valence-corrected chi connectivity index (χ1v) is 13.4. The van der Waals surface area contributed by atoms with E-state index in [0.717, 1.165) is 41.4 Å². The van der Waals surface area contributed by atoms with Crippen LogP contribution >= 0.6 is 0 Å². The summed E-state index contributed by atoms with van der Waals surface area (Å²) in [6.45, 7) is 10.7. The maximum Gasteiger partial charge on any atom is 0.126 e. The van der Waals surface area contributed by atoms with Crippen molar-refractivity contribution in [2.75, 3.05) is 0 Å². The van der Waals surface area contributed by atoms with Gasteiger partial charge in [0.15, 0.2) is 0 Å². The molecule has 3 rings (SSSR count). The van der Waals surface area contributed by atoms with Crippen LogP contribution in [0.3, 0.4) is 0 Å². The first-order valence-electron chi connectivity index (χ1n) is 13.4. The van der Waals surface area contributed by atoms with Crippen LogP contribution in [0.2, 0.25) is 0 Å². The van der Waals surface area contributed by atoms with E-state index in [2.05, 4.69) is 44.7 Å². The molecule has 0 aliphatic heterocycles. The molecule has 0 radical (unpaired) electrons. The number of hydrogen-bond donors (Lipinski definition) is 0. The molecule has 1 aromatic rings. The highest BCUT2D eigenvalue weighted by Gasteiger charge is 2.25. The van der Waals surface area contributed by atoms with Gasteiger partial charge >= 0.3 is 0 Å². The normalized spacial score (nSPS) is 27.4. The number of halogens is 1. The molecule has 0 N–H and O–H groups in total. The van der Waals surface area contributed by atoms with Crippen molar-refractivity contribution >= 4 is 5.57 Å². The lowest BCUT2D eigenvalue weighted by atomic mass is 9.76. The van der Waals surface area contributed by atoms with Gasteiger partial charge in [0.2, 0.25) is 0 Å². The largest absolute Gasteiger partial charge is 0.207 e. The molecular weight excluding hydrogens is 391 g/mol. The highest BCUT2D eigenvalue weighted by atomic mass is 19.1. The van der Waals surface area contributed by atoms with Gasteiger partial charge in [-0.25, -0.2) is 4.39 Å². The third-order valence-corrected chi connectivity index (χ3v) is 8.17. The molecule has 0 amide bonds. The Hall–Kier alpha value is -1.63. The van der Waals surface area contributed by atoms with Crippen molar-refractivity contribution in [3.63, 3.8) is 0 Å². The smallest absolute Gasteiger partial charge is 0.126 e. The van der Waals surface area contributed by atoms with Gasteiger partial charge in [-0.1, -0.05) is 76.5 Å². The summed E-state index contributed by atoms with van der Waals surface area (Å²) >= 11 is 0. The van der Waals surface area contributed by atoms with Gasteiger partial charge in [-0.3, -0.25) is 0 Å². The van der Waals surface area contributed by atoms with E-state index in [1.807, 2.05) is 13.0 Å². The van der Waals surface area contributed by atoms with E-state index in [9.17, 15) is 0 Å². The van der Waals surface area contributed by atoms with Crippen molar-refractivity contribution in [2.24, 2.45) is 17.8 Å². The Kier molecular flexibility index (Phi) is 9.82. The van der Waals surface area contributed by atoms with Crippen LogP contribution in [0.25, 0.3) is 5.57 Å². The van der Waals surface area contributed by atoms with E-state index in [4.69, 9.17) is 0 Å². The lowest BCUT2D eigenvalue weighted by molar-refractivity contribution is 0.284. The van der Waals surface area contributed by atoms with E-state index in [1.165, 1.54) is 69.8 Å². The van der Waals surface area contributed by atoms with E-state index < -0.39 is 0 Å². The average molecular weight is 437 g/mol. The summed E-state index contributed by atoms with van der Waals surface area (Å²) < 4.78 is 15.2. The molecule has 0 atom stereocenters. The van der Waals surface area contributed by atoms with E-state index in [1.54, 1.807) is 6.08 Å². The number of allylic oxidation sites excluding steroid dienone is 5. The summed E-state index contributed by atoms with van der Waals surface area (Å²) in [6.07, 6.45) is 19.0. The molecule has 1 aromatic carbocycles. The third-order valence-electron chi connectivity index (χ3n) is 8.17. The zero-order chi connectivity index (χ0) is 22.9. The Bertz CT molecular complexity index is 765. The van der Waals surface area contributed by atoms with Crippen LogP contribution in [-0.2, 0) is 0 Å². The monoisotopic (exact) mass is 436 g/mol. The van der Waals surface area contributed by atoms with Crippen molar-refractivity contribution in [3.05, 3.63) is 65.5 Å².